The number of nitrogens with one attached hydrogen (secondary N) is 1. The van der Waals surface area contributed by atoms with Gasteiger partial charge < -0.3 is 9.88 Å². The van der Waals surface area contributed by atoms with Crippen molar-refractivity contribution < 1.29 is 0 Å². The summed E-state index contributed by atoms with van der Waals surface area (Å²) in [5.74, 6) is 3.06. The Hall–Kier alpha value is -2.06. The zero-order valence-electron chi connectivity index (χ0n) is 19.1. The molecule has 1 N–H and O–H groups in total. The van der Waals surface area contributed by atoms with Crippen molar-refractivity contribution in [1.29, 1.82) is 0 Å². The molecule has 31 heavy (non-hydrogen) atoms. The highest BCUT2D eigenvalue weighted by atomic mass is 15.0. The molecule has 2 aromatic carbocycles. The average molecular weight is 413 g/mol. The van der Waals surface area contributed by atoms with E-state index in [1.807, 2.05) is 0 Å². The van der Waals surface area contributed by atoms with Gasteiger partial charge in [0.25, 0.3) is 0 Å². The van der Waals surface area contributed by atoms with Gasteiger partial charge >= 0.3 is 0 Å². The van der Waals surface area contributed by atoms with E-state index in [-0.39, 0.29) is 0 Å². The van der Waals surface area contributed by atoms with Crippen molar-refractivity contribution in [2.75, 3.05) is 0 Å². The minimum Gasteiger partial charge on any atom is -0.343 e. The monoisotopic (exact) mass is 412 g/mol. The summed E-state index contributed by atoms with van der Waals surface area (Å²) in [7, 11) is 0. The van der Waals surface area contributed by atoms with E-state index in [9.17, 15) is 0 Å². The summed E-state index contributed by atoms with van der Waals surface area (Å²) in [6.45, 7) is 6.58. The van der Waals surface area contributed by atoms with Crippen molar-refractivity contribution in [3.63, 3.8) is 0 Å². The molecular weight excluding hydrogens is 376 g/mol. The van der Waals surface area contributed by atoms with Crippen LogP contribution in [0.5, 0.6) is 0 Å². The molecule has 3 aromatic rings. The summed E-state index contributed by atoms with van der Waals surface area (Å²) >= 11 is 0. The van der Waals surface area contributed by atoms with Crippen LogP contribution < -0.4 is 5.32 Å². The number of rotatable bonds is 6. The second-order valence-electron chi connectivity index (χ2n) is 11.2. The van der Waals surface area contributed by atoms with E-state index in [0.29, 0.717) is 11.5 Å². The lowest BCUT2D eigenvalue weighted by atomic mass is 9.48. The summed E-state index contributed by atoms with van der Waals surface area (Å²) in [4.78, 5) is 0. The van der Waals surface area contributed by atoms with Crippen LogP contribution in [0.25, 0.3) is 10.9 Å². The van der Waals surface area contributed by atoms with Crippen LogP contribution >= 0.6 is 0 Å². The van der Waals surface area contributed by atoms with E-state index in [1.165, 1.54) is 66.1 Å². The fraction of sp³-hybridized carbons (Fsp3) is 0.517. The number of aryl methyl sites for hydroxylation is 1. The van der Waals surface area contributed by atoms with Gasteiger partial charge in [-0.2, -0.15) is 0 Å². The van der Waals surface area contributed by atoms with Crippen molar-refractivity contribution in [3.05, 3.63) is 71.4 Å². The first kappa shape index (κ1) is 19.6. The summed E-state index contributed by atoms with van der Waals surface area (Å²) in [5.41, 5.74) is 6.07. The van der Waals surface area contributed by atoms with E-state index in [1.54, 1.807) is 0 Å². The van der Waals surface area contributed by atoms with Gasteiger partial charge in [0.15, 0.2) is 0 Å². The van der Waals surface area contributed by atoms with E-state index in [2.05, 4.69) is 78.5 Å². The maximum absolute atomic E-state index is 4.02. The molecule has 0 amide bonds. The Morgan fingerprint density at radius 2 is 1.68 bits per heavy atom. The third kappa shape index (κ3) is 3.53. The van der Waals surface area contributed by atoms with Gasteiger partial charge in [0.2, 0.25) is 0 Å². The fourth-order valence-electron chi connectivity index (χ4n) is 7.79. The van der Waals surface area contributed by atoms with Crippen LogP contribution in [0, 0.1) is 30.1 Å². The molecule has 4 fully saturated rings. The highest BCUT2D eigenvalue weighted by molar-refractivity contribution is 5.84. The van der Waals surface area contributed by atoms with Crippen molar-refractivity contribution in [2.24, 2.45) is 23.2 Å². The Morgan fingerprint density at radius 1 is 0.968 bits per heavy atom. The molecule has 0 saturated heterocycles. The van der Waals surface area contributed by atoms with Crippen molar-refractivity contribution >= 4 is 10.9 Å². The van der Waals surface area contributed by atoms with Crippen LogP contribution in [0.15, 0.2) is 54.7 Å². The van der Waals surface area contributed by atoms with Gasteiger partial charge in [-0.1, -0.05) is 48.0 Å². The standard InChI is InChI=1S/C29H36N2/c1-20-6-5-7-22(10-20)18-31-19-26(27-8-3-4-9-28(27)31)17-30-21(2)29-14-23-11-24(15-29)13-25(12-23)16-29/h3-10,19,21,23-25,30H,11-18H2,1-2H3/t21-,23?,24?,25?,29?/m1/s1. The fourth-order valence-corrected chi connectivity index (χ4v) is 7.79. The summed E-state index contributed by atoms with van der Waals surface area (Å²) in [6.07, 6.45) is 11.4. The van der Waals surface area contributed by atoms with Crippen molar-refractivity contribution in [1.82, 2.24) is 9.88 Å². The minimum absolute atomic E-state index is 0.564. The van der Waals surface area contributed by atoms with Gasteiger partial charge in [0, 0.05) is 36.2 Å². The molecule has 2 nitrogen and oxygen atoms in total. The topological polar surface area (TPSA) is 17.0 Å². The van der Waals surface area contributed by atoms with Crippen LogP contribution in [0.2, 0.25) is 0 Å². The molecule has 1 aromatic heterocycles. The van der Waals surface area contributed by atoms with E-state index in [4.69, 9.17) is 0 Å². The quantitative estimate of drug-likeness (QED) is 0.477. The maximum Gasteiger partial charge on any atom is 0.0486 e. The number of hydrogen-bond donors (Lipinski definition) is 1. The first-order valence-corrected chi connectivity index (χ1v) is 12.4. The summed E-state index contributed by atoms with van der Waals surface area (Å²) < 4.78 is 2.44. The molecule has 0 spiro atoms. The Morgan fingerprint density at radius 3 is 2.39 bits per heavy atom. The maximum atomic E-state index is 4.02. The molecule has 4 aliphatic rings. The second kappa shape index (κ2) is 7.52. The van der Waals surface area contributed by atoms with Crippen molar-refractivity contribution in [3.8, 4) is 0 Å². The predicted octanol–water partition coefficient (Wildman–Crippen LogP) is 6.69. The number of aromatic nitrogens is 1. The van der Waals surface area contributed by atoms with Crippen molar-refractivity contribution in [2.45, 2.75) is 71.5 Å². The van der Waals surface area contributed by atoms with Gasteiger partial charge in [-0.05, 0) is 92.7 Å². The Kier molecular flexibility index (Phi) is 4.76. The zero-order valence-corrected chi connectivity index (χ0v) is 19.1. The summed E-state index contributed by atoms with van der Waals surface area (Å²) in [6, 6.07) is 18.4. The SMILES string of the molecule is Cc1cccc(Cn2cc(CN[C@H](C)C34CC5CC(CC(C5)C3)C4)c3ccccc32)c1. The van der Waals surface area contributed by atoms with Gasteiger partial charge in [-0.15, -0.1) is 0 Å². The van der Waals surface area contributed by atoms with Gasteiger partial charge in [0.1, 0.15) is 0 Å². The first-order valence-electron chi connectivity index (χ1n) is 12.4. The second-order valence-corrected chi connectivity index (χ2v) is 11.2. The van der Waals surface area contributed by atoms with Crippen LogP contribution in [0.3, 0.4) is 0 Å². The molecule has 0 radical (unpaired) electrons. The lowest BCUT2D eigenvalue weighted by molar-refractivity contribution is -0.0706. The molecule has 7 rings (SSSR count). The lowest BCUT2D eigenvalue weighted by Crippen LogP contribution is -2.54. The highest BCUT2D eigenvalue weighted by Crippen LogP contribution is 2.61. The number of benzene rings is 2. The number of hydrogen-bond acceptors (Lipinski definition) is 1. The molecule has 162 valence electrons. The Labute approximate surface area is 187 Å². The van der Waals surface area contributed by atoms with Crippen LogP contribution in [0.4, 0.5) is 0 Å². The third-order valence-corrected chi connectivity index (χ3v) is 8.91. The molecule has 4 saturated carbocycles. The molecule has 1 heterocycles. The molecule has 4 aliphatic carbocycles. The Bertz CT molecular complexity index is 1060. The predicted molar refractivity (Wildman–Crippen MR) is 129 cm³/mol. The summed E-state index contributed by atoms with van der Waals surface area (Å²) in [5, 5.41) is 5.42. The number of para-hydroxylation sites is 1. The van der Waals surface area contributed by atoms with E-state index < -0.39 is 0 Å². The number of nitrogens with zero attached hydrogens (tertiary/aromatic N) is 1. The Balaban J connectivity index is 1.23. The average Bonchev–Trinajstić information content (AvgIpc) is 3.09. The lowest BCUT2D eigenvalue weighted by Gasteiger charge is -2.59. The first-order chi connectivity index (χ1) is 15.1. The largest absolute Gasteiger partial charge is 0.343 e. The smallest absolute Gasteiger partial charge is 0.0486 e. The van der Waals surface area contributed by atoms with E-state index in [0.717, 1.165) is 30.8 Å². The molecule has 0 aliphatic heterocycles. The van der Waals surface area contributed by atoms with E-state index >= 15 is 0 Å². The van der Waals surface area contributed by atoms with Gasteiger partial charge in [-0.25, -0.2) is 0 Å². The van der Waals surface area contributed by atoms with Crippen LogP contribution in [0.1, 0.15) is 62.1 Å². The van der Waals surface area contributed by atoms with Crippen LogP contribution in [-0.4, -0.2) is 10.6 Å². The normalized spacial score (nSPS) is 30.2. The third-order valence-electron chi connectivity index (χ3n) is 8.91. The molecule has 2 heteroatoms. The highest BCUT2D eigenvalue weighted by Gasteiger charge is 2.52. The zero-order chi connectivity index (χ0) is 21.0. The molecule has 4 bridgehead atoms. The van der Waals surface area contributed by atoms with Crippen LogP contribution in [-0.2, 0) is 13.1 Å². The molecular formula is C29H36N2. The van der Waals surface area contributed by atoms with Gasteiger partial charge in [0.05, 0.1) is 0 Å². The molecule has 1 atom stereocenters. The van der Waals surface area contributed by atoms with Gasteiger partial charge in [-0.3, -0.25) is 0 Å². The molecule has 0 unspecified atom stereocenters. The minimum atomic E-state index is 0.564. The number of fused-ring (bicyclic) bond motifs is 1.